The number of carboxylic acids is 1. The number of cyclic esters (lactones) is 1. The summed E-state index contributed by atoms with van der Waals surface area (Å²) in [4.78, 5) is 83.4. The molecule has 6 rings (SSSR count). The molecule has 3 aliphatic rings. The smallest absolute Gasteiger partial charge is 0.355 e. The number of carbonyl (C=O) groups excluding carboxylic acids is 4. The highest BCUT2D eigenvalue weighted by atomic mass is 32.2. The normalized spacial score (nSPS) is 20.6. The van der Waals surface area contributed by atoms with Gasteiger partial charge >= 0.3 is 17.9 Å². The number of aliphatic carboxylic acids is 1. The summed E-state index contributed by atoms with van der Waals surface area (Å²) in [5.74, 6) is -2.79. The zero-order valence-corrected chi connectivity index (χ0v) is 34.6. The van der Waals surface area contributed by atoms with Crippen LogP contribution in [-0.2, 0) is 52.2 Å². The fourth-order valence-electron chi connectivity index (χ4n) is 7.34. The van der Waals surface area contributed by atoms with Crippen molar-refractivity contribution in [1.29, 1.82) is 0 Å². The van der Waals surface area contributed by atoms with Crippen LogP contribution >= 0.6 is 23.5 Å². The van der Waals surface area contributed by atoms with Gasteiger partial charge in [0.1, 0.15) is 19.2 Å². The number of carboxylic acid groups (broad SMARTS) is 1. The molecule has 2 amide bonds. The molecule has 4 N–H and O–H groups in total. The van der Waals surface area contributed by atoms with Crippen LogP contribution in [0.15, 0.2) is 41.2 Å². The van der Waals surface area contributed by atoms with Gasteiger partial charge in [-0.1, -0.05) is 38.5 Å². The number of rotatable bonds is 17. The van der Waals surface area contributed by atoms with E-state index in [1.807, 2.05) is 58.0 Å². The highest BCUT2D eigenvalue weighted by Crippen LogP contribution is 2.42. The molecule has 1 aliphatic carbocycles. The van der Waals surface area contributed by atoms with E-state index < -0.39 is 53.6 Å². The standard InChI is InChI=1S/C41H51N5O9S2/c1-6-8-13-33(47)43-29(38(51)52)22-57-32-15-14-31(32)56-21-28(45-40(3,4)5)36(49)42-18-34(48)55-41(7-2)26-17-30-35-24(16-23-11-9-10-12-27(23)44-35)19-46(30)37(50)25(26)20-54-39(41)53/h9-12,16-17,28-29,31-32,45H,6-8,13-15,18-22H2,1-5H3,(H,42,49)(H,43,47)(H,51,52)/t28?,29?,31?,32?,41-/m0/s1. The predicted octanol–water partition coefficient (Wildman–Crippen LogP) is 4.26. The molecule has 4 heterocycles. The lowest BCUT2D eigenvalue weighted by Crippen LogP contribution is -2.54. The second-order valence-electron chi connectivity index (χ2n) is 15.8. The molecule has 306 valence electrons. The molecule has 57 heavy (non-hydrogen) atoms. The van der Waals surface area contributed by atoms with E-state index in [1.165, 1.54) is 11.8 Å². The maximum absolute atomic E-state index is 13.9. The molecule has 1 fully saturated rings. The molecule has 14 nitrogen and oxygen atoms in total. The van der Waals surface area contributed by atoms with Crippen molar-refractivity contribution >= 4 is 64.1 Å². The predicted molar refractivity (Wildman–Crippen MR) is 219 cm³/mol. The Labute approximate surface area is 340 Å². The molecule has 0 saturated heterocycles. The van der Waals surface area contributed by atoms with Crippen LogP contribution in [0, 0.1) is 0 Å². The van der Waals surface area contributed by atoms with E-state index in [-0.39, 0.29) is 51.9 Å². The van der Waals surface area contributed by atoms with Gasteiger partial charge < -0.3 is 35.1 Å². The zero-order valence-electron chi connectivity index (χ0n) is 33.0. The van der Waals surface area contributed by atoms with Crippen molar-refractivity contribution in [2.24, 2.45) is 0 Å². The van der Waals surface area contributed by atoms with Crippen LogP contribution in [0.25, 0.3) is 22.3 Å². The first-order valence-corrected chi connectivity index (χ1v) is 21.6. The van der Waals surface area contributed by atoms with Gasteiger partial charge in [-0.25, -0.2) is 14.6 Å². The number of benzene rings is 1. The van der Waals surface area contributed by atoms with E-state index >= 15 is 0 Å². The molecule has 1 aromatic carbocycles. The van der Waals surface area contributed by atoms with E-state index in [4.69, 9.17) is 14.5 Å². The van der Waals surface area contributed by atoms with Gasteiger partial charge in [-0.15, -0.1) is 0 Å². The molecule has 5 atom stereocenters. The van der Waals surface area contributed by atoms with E-state index in [0.717, 1.165) is 35.7 Å². The van der Waals surface area contributed by atoms with Crippen molar-refractivity contribution < 1.29 is 38.6 Å². The summed E-state index contributed by atoms with van der Waals surface area (Å²) in [5, 5.41) is 19.6. The van der Waals surface area contributed by atoms with Crippen LogP contribution in [0.1, 0.15) is 89.8 Å². The average Bonchev–Trinajstić information content (AvgIpc) is 3.52. The number of pyridine rings is 2. The highest BCUT2D eigenvalue weighted by molar-refractivity contribution is 8.04. The number of nitrogens with one attached hydrogen (secondary N) is 3. The Balaban J connectivity index is 1.10. The van der Waals surface area contributed by atoms with Gasteiger partial charge in [0.05, 0.1) is 35.1 Å². The number of esters is 2. The van der Waals surface area contributed by atoms with Gasteiger partial charge in [-0.3, -0.25) is 19.2 Å². The maximum Gasteiger partial charge on any atom is 0.355 e. The first-order valence-electron chi connectivity index (χ1n) is 19.5. The molecule has 2 aromatic heterocycles. The number of carbonyl (C=O) groups is 5. The summed E-state index contributed by atoms with van der Waals surface area (Å²) in [5.41, 5.74) is 0.539. The minimum atomic E-state index is -1.91. The van der Waals surface area contributed by atoms with Gasteiger partial charge in [-0.2, -0.15) is 23.5 Å². The number of nitrogens with zero attached hydrogens (tertiary/aromatic N) is 2. The Morgan fingerprint density at radius 2 is 1.75 bits per heavy atom. The third-order valence-electron chi connectivity index (χ3n) is 10.5. The minimum Gasteiger partial charge on any atom is -0.480 e. The quantitative estimate of drug-likeness (QED) is 0.111. The van der Waals surface area contributed by atoms with E-state index in [0.29, 0.717) is 36.5 Å². The van der Waals surface area contributed by atoms with Gasteiger partial charge in [0, 0.05) is 50.5 Å². The second kappa shape index (κ2) is 17.6. The summed E-state index contributed by atoms with van der Waals surface area (Å²) < 4.78 is 13.0. The van der Waals surface area contributed by atoms with Crippen molar-refractivity contribution in [2.45, 2.75) is 120 Å². The molecular formula is C41H51N5O9S2. The summed E-state index contributed by atoms with van der Waals surface area (Å²) in [6.07, 6.45) is 3.63. The summed E-state index contributed by atoms with van der Waals surface area (Å²) in [6, 6.07) is 9.70. The van der Waals surface area contributed by atoms with Crippen molar-refractivity contribution in [3.8, 4) is 11.4 Å². The number of hydrogen-bond donors (Lipinski definition) is 4. The monoisotopic (exact) mass is 821 g/mol. The number of fused-ring (bicyclic) bond motifs is 5. The Bertz CT molecular complexity index is 2120. The fourth-order valence-corrected chi connectivity index (χ4v) is 10.5. The van der Waals surface area contributed by atoms with Crippen LogP contribution < -0.4 is 21.5 Å². The number of thioether (sulfide) groups is 2. The SMILES string of the molecule is CCCCC(=O)NC(CSC1CCC1SCC(NC(C)(C)C)C(=O)NCC(=O)O[C@]1(CC)C(=O)OCc2c1cc1n(c2=O)Cc2cc3ccccc3nc2-1)C(=O)O. The van der Waals surface area contributed by atoms with Gasteiger partial charge in [0.25, 0.3) is 5.56 Å². The molecule has 0 radical (unpaired) electrons. The van der Waals surface area contributed by atoms with Gasteiger partial charge in [0.15, 0.2) is 0 Å². The zero-order chi connectivity index (χ0) is 41.1. The number of unbranched alkanes of at least 4 members (excludes halogenated alkanes) is 1. The van der Waals surface area contributed by atoms with Crippen molar-refractivity contribution in [3.05, 3.63) is 63.4 Å². The first kappa shape index (κ1) is 42.2. The first-order chi connectivity index (χ1) is 27.1. The third-order valence-corrected chi connectivity index (χ3v) is 13.7. The number of para-hydroxylation sites is 1. The molecule has 3 aromatic rings. The van der Waals surface area contributed by atoms with Crippen molar-refractivity contribution in [1.82, 2.24) is 25.5 Å². The lowest BCUT2D eigenvalue weighted by Gasteiger charge is -2.37. The van der Waals surface area contributed by atoms with Crippen LogP contribution in [0.5, 0.6) is 0 Å². The molecule has 2 aliphatic heterocycles. The Morgan fingerprint density at radius 3 is 2.40 bits per heavy atom. The lowest BCUT2D eigenvalue weighted by molar-refractivity contribution is -0.189. The van der Waals surface area contributed by atoms with Crippen LogP contribution in [0.4, 0.5) is 0 Å². The molecule has 4 unspecified atom stereocenters. The van der Waals surface area contributed by atoms with Crippen molar-refractivity contribution in [2.75, 3.05) is 18.1 Å². The van der Waals surface area contributed by atoms with E-state index in [9.17, 15) is 33.9 Å². The Kier molecular flexibility index (Phi) is 13.0. The highest BCUT2D eigenvalue weighted by Gasteiger charge is 2.50. The van der Waals surface area contributed by atoms with E-state index in [1.54, 1.807) is 29.3 Å². The van der Waals surface area contributed by atoms with Crippen LogP contribution in [-0.4, -0.2) is 90.6 Å². The fraction of sp³-hybridized carbons (Fsp3) is 0.537. The summed E-state index contributed by atoms with van der Waals surface area (Å²) >= 11 is 3.12. The largest absolute Gasteiger partial charge is 0.480 e. The third kappa shape index (κ3) is 9.33. The van der Waals surface area contributed by atoms with Crippen LogP contribution in [0.3, 0.4) is 0 Å². The summed E-state index contributed by atoms with van der Waals surface area (Å²) in [7, 11) is 0. The summed E-state index contributed by atoms with van der Waals surface area (Å²) in [6.45, 7) is 8.95. The Morgan fingerprint density at radius 1 is 1.05 bits per heavy atom. The van der Waals surface area contributed by atoms with Crippen molar-refractivity contribution in [3.63, 3.8) is 0 Å². The minimum absolute atomic E-state index is 0.0106. The number of ether oxygens (including phenoxy) is 2. The topological polar surface area (TPSA) is 195 Å². The molecule has 1 saturated carbocycles. The molecule has 0 spiro atoms. The second-order valence-corrected chi connectivity index (χ2v) is 18.3. The Hall–Kier alpha value is -4.41. The van der Waals surface area contributed by atoms with Gasteiger partial charge in [-0.05, 0) is 64.7 Å². The lowest BCUT2D eigenvalue weighted by atomic mass is 9.85. The maximum atomic E-state index is 13.9. The molecule has 0 bridgehead atoms. The number of amides is 2. The number of hydrogen-bond acceptors (Lipinski definition) is 12. The van der Waals surface area contributed by atoms with E-state index in [2.05, 4.69) is 16.0 Å². The molecule has 16 heteroatoms. The van der Waals surface area contributed by atoms with Crippen LogP contribution in [0.2, 0.25) is 0 Å². The average molecular weight is 822 g/mol. The number of aromatic nitrogens is 2. The molecular weight excluding hydrogens is 771 g/mol. The van der Waals surface area contributed by atoms with Gasteiger partial charge in [0.2, 0.25) is 17.4 Å².